The van der Waals surface area contributed by atoms with Gasteiger partial charge in [-0.25, -0.2) is 18.7 Å². The van der Waals surface area contributed by atoms with Crippen molar-refractivity contribution >= 4 is 41.4 Å². The number of hydrogen-bond acceptors (Lipinski definition) is 7. The smallest absolute Gasteiger partial charge is 0.301 e. The molecule has 1 aromatic heterocycles. The minimum absolute atomic E-state index is 0.0574. The number of aryl methyl sites for hydroxylation is 1. The van der Waals surface area contributed by atoms with E-state index >= 15 is 0 Å². The van der Waals surface area contributed by atoms with Gasteiger partial charge in [0.15, 0.2) is 0 Å². The minimum Gasteiger partial charge on any atom is -0.395 e. The van der Waals surface area contributed by atoms with Gasteiger partial charge in [0.2, 0.25) is 5.92 Å². The van der Waals surface area contributed by atoms with Crippen molar-refractivity contribution in [2.45, 2.75) is 69.6 Å². The number of amides is 1. The number of aliphatic hydroxyl groups is 1. The molecule has 226 valence electrons. The Kier molecular flexibility index (Phi) is 9.36. The van der Waals surface area contributed by atoms with E-state index in [1.54, 1.807) is 25.1 Å². The van der Waals surface area contributed by atoms with E-state index in [2.05, 4.69) is 38.0 Å². The van der Waals surface area contributed by atoms with E-state index < -0.39 is 30.1 Å². The molecule has 2 fully saturated rings. The van der Waals surface area contributed by atoms with Crippen LogP contribution in [0, 0.1) is 6.92 Å². The van der Waals surface area contributed by atoms with Crippen molar-refractivity contribution in [2.24, 2.45) is 0 Å². The summed E-state index contributed by atoms with van der Waals surface area (Å²) in [5.74, 6) is -2.51. The molecular formula is C27H40F2N6O4SSi. The van der Waals surface area contributed by atoms with Gasteiger partial charge in [-0.3, -0.25) is 9.52 Å². The third-order valence-corrected chi connectivity index (χ3v) is 12.6. The highest BCUT2D eigenvalue weighted by atomic mass is 32.2. The molecule has 14 heteroatoms. The molecule has 0 atom stereocenters. The summed E-state index contributed by atoms with van der Waals surface area (Å²) >= 11 is 0. The van der Waals surface area contributed by atoms with Crippen LogP contribution in [0.3, 0.4) is 0 Å². The quantitative estimate of drug-likeness (QED) is 0.358. The molecule has 1 aliphatic carbocycles. The second kappa shape index (κ2) is 12.3. The molecule has 1 aliphatic heterocycles. The van der Waals surface area contributed by atoms with Gasteiger partial charge < -0.3 is 15.3 Å². The molecule has 0 bridgehead atoms. The van der Waals surface area contributed by atoms with Crippen molar-refractivity contribution in [1.82, 2.24) is 14.3 Å². The standard InChI is InChI=1S/C27H40F2N6O4SSi/c1-19-17-24(31-25(30-19)20-7-9-27(28,29)10-8-20)32-26(37)22-6-5-21(33-40(38,39)34(2)11-14-36)18-23(22)35-12-15-41(3,4)16-13-35/h5-6,17-18,20,33,36H,7-16H2,1-4H3,(H,30,31,32,37). The van der Waals surface area contributed by atoms with Gasteiger partial charge in [-0.1, -0.05) is 13.1 Å². The second-order valence-electron chi connectivity index (χ2n) is 11.9. The molecule has 1 aromatic carbocycles. The Hall–Kier alpha value is -2.68. The number of carbonyl (C=O) groups is 1. The summed E-state index contributed by atoms with van der Waals surface area (Å²) in [6.07, 6.45) is 0.157. The summed E-state index contributed by atoms with van der Waals surface area (Å²) in [7, 11) is -3.87. The van der Waals surface area contributed by atoms with Crippen molar-refractivity contribution in [1.29, 1.82) is 0 Å². The van der Waals surface area contributed by atoms with Gasteiger partial charge in [-0.05, 0) is 50.1 Å². The van der Waals surface area contributed by atoms with Crippen LogP contribution < -0.4 is 14.9 Å². The van der Waals surface area contributed by atoms with Gasteiger partial charge in [0.1, 0.15) is 11.6 Å². The number of anilines is 3. The van der Waals surface area contributed by atoms with Crippen molar-refractivity contribution in [3.05, 3.63) is 41.3 Å². The molecule has 0 unspecified atom stereocenters. The zero-order chi connectivity index (χ0) is 30.0. The number of benzene rings is 1. The molecule has 2 aromatic rings. The van der Waals surface area contributed by atoms with Crippen molar-refractivity contribution < 1.29 is 27.1 Å². The fourth-order valence-corrected chi connectivity index (χ4v) is 8.11. The molecule has 1 saturated heterocycles. The van der Waals surface area contributed by atoms with Crippen LogP contribution in [0.15, 0.2) is 24.3 Å². The minimum atomic E-state index is -3.90. The lowest BCUT2D eigenvalue weighted by Gasteiger charge is -2.38. The number of halogens is 2. The van der Waals surface area contributed by atoms with E-state index in [1.165, 1.54) is 13.1 Å². The normalized spacial score (nSPS) is 19.3. The van der Waals surface area contributed by atoms with Gasteiger partial charge in [0.05, 0.1) is 31.6 Å². The van der Waals surface area contributed by atoms with E-state index in [-0.39, 0.29) is 44.8 Å². The van der Waals surface area contributed by atoms with E-state index in [4.69, 9.17) is 5.11 Å². The maximum absolute atomic E-state index is 13.7. The molecule has 2 heterocycles. The summed E-state index contributed by atoms with van der Waals surface area (Å²) in [5.41, 5.74) is 1.91. The first-order valence-corrected chi connectivity index (χ1v) is 18.8. The number of nitrogens with one attached hydrogen (secondary N) is 2. The molecule has 1 amide bonds. The number of aromatic nitrogens is 2. The van der Waals surface area contributed by atoms with Crippen molar-refractivity contribution in [3.63, 3.8) is 0 Å². The topological polar surface area (TPSA) is 128 Å². The first-order valence-electron chi connectivity index (χ1n) is 14.0. The predicted molar refractivity (Wildman–Crippen MR) is 159 cm³/mol. The van der Waals surface area contributed by atoms with Crippen LogP contribution in [-0.4, -0.2) is 81.0 Å². The monoisotopic (exact) mass is 610 g/mol. The van der Waals surface area contributed by atoms with E-state index in [9.17, 15) is 22.0 Å². The van der Waals surface area contributed by atoms with E-state index in [1.807, 2.05) is 0 Å². The van der Waals surface area contributed by atoms with Crippen LogP contribution in [0.4, 0.5) is 26.0 Å². The molecule has 0 spiro atoms. The summed E-state index contributed by atoms with van der Waals surface area (Å²) in [4.78, 5) is 24.7. The number of hydrogen-bond donors (Lipinski definition) is 3. The Bertz CT molecular complexity index is 1360. The molecular weight excluding hydrogens is 570 g/mol. The molecule has 4 rings (SSSR count). The molecule has 0 radical (unpaired) electrons. The van der Waals surface area contributed by atoms with Crippen LogP contribution >= 0.6 is 0 Å². The summed E-state index contributed by atoms with van der Waals surface area (Å²) in [5, 5.41) is 12.0. The van der Waals surface area contributed by atoms with Crippen molar-refractivity contribution in [2.75, 3.05) is 48.2 Å². The van der Waals surface area contributed by atoms with Gasteiger partial charge in [-0.15, -0.1) is 0 Å². The van der Waals surface area contributed by atoms with Gasteiger partial charge in [0.25, 0.3) is 5.91 Å². The number of rotatable bonds is 9. The highest BCUT2D eigenvalue weighted by molar-refractivity contribution is 7.90. The van der Waals surface area contributed by atoms with Crippen LogP contribution in [0.5, 0.6) is 0 Å². The lowest BCUT2D eigenvalue weighted by Crippen LogP contribution is -2.43. The largest absolute Gasteiger partial charge is 0.395 e. The maximum Gasteiger partial charge on any atom is 0.301 e. The first kappa shape index (κ1) is 31.3. The Balaban J connectivity index is 1.60. The lowest BCUT2D eigenvalue weighted by molar-refractivity contribution is -0.0387. The number of nitrogens with zero attached hydrogens (tertiary/aromatic N) is 4. The lowest BCUT2D eigenvalue weighted by atomic mass is 9.86. The van der Waals surface area contributed by atoms with Crippen LogP contribution in [0.2, 0.25) is 25.2 Å². The Labute approximate surface area is 241 Å². The molecule has 3 N–H and O–H groups in total. The third kappa shape index (κ3) is 7.99. The average Bonchev–Trinajstić information content (AvgIpc) is 2.88. The number of carbonyl (C=O) groups excluding carboxylic acids is 1. The molecule has 41 heavy (non-hydrogen) atoms. The van der Waals surface area contributed by atoms with Gasteiger partial charge in [0, 0.05) is 57.2 Å². The zero-order valence-electron chi connectivity index (χ0n) is 24.1. The van der Waals surface area contributed by atoms with E-state index in [0.29, 0.717) is 34.3 Å². The highest BCUT2D eigenvalue weighted by Gasteiger charge is 2.36. The number of likely N-dealkylation sites (N-methyl/N-ethyl adjacent to an activating group) is 1. The summed E-state index contributed by atoms with van der Waals surface area (Å²) in [6, 6.07) is 8.51. The molecule has 1 saturated carbocycles. The van der Waals surface area contributed by atoms with E-state index in [0.717, 1.165) is 29.5 Å². The van der Waals surface area contributed by atoms with Gasteiger partial charge in [-0.2, -0.15) is 12.7 Å². The maximum atomic E-state index is 13.7. The van der Waals surface area contributed by atoms with Crippen LogP contribution in [-0.2, 0) is 10.2 Å². The summed E-state index contributed by atoms with van der Waals surface area (Å²) in [6.45, 7) is 7.58. The van der Waals surface area contributed by atoms with Crippen molar-refractivity contribution in [3.8, 4) is 0 Å². The SMILES string of the molecule is Cc1cc(NC(=O)c2ccc(NS(=O)(=O)N(C)CCO)cc2N2CC[Si](C)(C)CC2)nc(C2CCC(F)(F)CC2)n1. The average molecular weight is 611 g/mol. The highest BCUT2D eigenvalue weighted by Crippen LogP contribution is 2.40. The Morgan fingerprint density at radius 3 is 2.46 bits per heavy atom. The third-order valence-electron chi connectivity index (χ3n) is 7.97. The zero-order valence-corrected chi connectivity index (χ0v) is 25.9. The van der Waals surface area contributed by atoms with Crippen LogP contribution in [0.25, 0.3) is 0 Å². The Morgan fingerprint density at radius 1 is 1.17 bits per heavy atom. The summed E-state index contributed by atoms with van der Waals surface area (Å²) < 4.78 is 56.4. The first-order chi connectivity index (χ1) is 19.2. The van der Waals surface area contributed by atoms with Crippen LogP contribution in [0.1, 0.15) is 53.5 Å². The number of aliphatic hydroxyl groups excluding tert-OH is 1. The fraction of sp³-hybridized carbons (Fsp3) is 0.593. The molecule has 2 aliphatic rings. The fourth-order valence-electron chi connectivity index (χ4n) is 5.21. The molecule has 10 nitrogen and oxygen atoms in total. The number of alkyl halides is 2. The second-order valence-corrected chi connectivity index (χ2v) is 19.0. The predicted octanol–water partition coefficient (Wildman–Crippen LogP) is 4.44. The van der Waals surface area contributed by atoms with Gasteiger partial charge >= 0.3 is 10.2 Å². The Morgan fingerprint density at radius 2 is 1.83 bits per heavy atom.